The van der Waals surface area contributed by atoms with E-state index in [-0.39, 0.29) is 24.0 Å². The zero-order valence-electron chi connectivity index (χ0n) is 16.9. The Morgan fingerprint density at radius 2 is 1.54 bits per heavy atom. The molecule has 0 aliphatic carbocycles. The van der Waals surface area contributed by atoms with Gasteiger partial charge < -0.3 is 15.4 Å². The maximum Gasteiger partial charge on any atom is 0.191 e. The maximum atomic E-state index is 11.7. The normalized spacial score (nSPS) is 11.5. The number of nitrogens with one attached hydrogen (secondary N) is 2. The summed E-state index contributed by atoms with van der Waals surface area (Å²) < 4.78 is 28.7. The highest BCUT2D eigenvalue weighted by Crippen LogP contribution is 2.18. The fourth-order valence-electron chi connectivity index (χ4n) is 2.88. The highest BCUT2D eigenvalue weighted by atomic mass is 127. The van der Waals surface area contributed by atoms with Crippen LogP contribution in [-0.4, -0.2) is 34.8 Å². The highest BCUT2D eigenvalue weighted by Gasteiger charge is 2.11. The van der Waals surface area contributed by atoms with Crippen LogP contribution in [0.1, 0.15) is 22.3 Å². The van der Waals surface area contributed by atoms with E-state index in [0.29, 0.717) is 23.9 Å². The number of aliphatic imine (C=N–C) groups is 1. The molecule has 2 N–H and O–H groups in total. The molecule has 2 aromatic carbocycles. The molecule has 0 radical (unpaired) electrons. The fourth-order valence-corrected chi connectivity index (χ4v) is 3.84. The van der Waals surface area contributed by atoms with Crippen LogP contribution in [0.2, 0.25) is 0 Å². The fraction of sp³-hybridized carbons (Fsp3) is 0.350. The Kier molecular flexibility index (Phi) is 9.22. The summed E-state index contributed by atoms with van der Waals surface area (Å²) in [6, 6.07) is 11.4. The molecule has 0 atom stereocenters. The second-order valence-electron chi connectivity index (χ2n) is 6.46. The molecular formula is C20H28IN3O3S. The first-order valence-corrected chi connectivity index (χ1v) is 10.5. The predicted octanol–water partition coefficient (Wildman–Crippen LogP) is 3.20. The summed E-state index contributed by atoms with van der Waals surface area (Å²) in [5, 5.41) is 6.52. The minimum absolute atomic E-state index is 0. The molecule has 0 heterocycles. The van der Waals surface area contributed by atoms with Crippen molar-refractivity contribution in [2.75, 3.05) is 20.4 Å². The molecule has 0 fully saturated rings. The quantitative estimate of drug-likeness (QED) is 0.350. The molecule has 0 saturated carbocycles. The monoisotopic (exact) mass is 517 g/mol. The van der Waals surface area contributed by atoms with Gasteiger partial charge in [0.2, 0.25) is 0 Å². The van der Waals surface area contributed by atoms with Crippen molar-refractivity contribution in [3.63, 3.8) is 0 Å². The minimum atomic E-state index is -3.20. The lowest BCUT2D eigenvalue weighted by Gasteiger charge is -2.14. The summed E-state index contributed by atoms with van der Waals surface area (Å²) in [5.74, 6) is 1.54. The lowest BCUT2D eigenvalue weighted by molar-refractivity contribution is 0.411. The minimum Gasteiger partial charge on any atom is -0.496 e. The van der Waals surface area contributed by atoms with Crippen LogP contribution in [0.5, 0.6) is 5.75 Å². The van der Waals surface area contributed by atoms with Gasteiger partial charge in [0.15, 0.2) is 15.8 Å². The molecule has 0 bridgehead atoms. The Morgan fingerprint density at radius 3 is 1.96 bits per heavy atom. The first kappa shape index (κ1) is 24.2. The topological polar surface area (TPSA) is 79.8 Å². The van der Waals surface area contributed by atoms with Gasteiger partial charge in [-0.2, -0.15) is 0 Å². The van der Waals surface area contributed by atoms with E-state index in [1.165, 1.54) is 6.26 Å². The maximum absolute atomic E-state index is 11.7. The van der Waals surface area contributed by atoms with E-state index >= 15 is 0 Å². The molecule has 154 valence electrons. The summed E-state index contributed by atoms with van der Waals surface area (Å²) in [6.45, 7) is 5.00. The Balaban J connectivity index is 0.00000392. The van der Waals surface area contributed by atoms with Crippen LogP contribution in [0.25, 0.3) is 0 Å². The number of methoxy groups -OCH3 is 1. The van der Waals surface area contributed by atoms with Crippen LogP contribution in [0.4, 0.5) is 0 Å². The van der Waals surface area contributed by atoms with Gasteiger partial charge in [-0.05, 0) is 48.2 Å². The van der Waals surface area contributed by atoms with E-state index in [1.807, 2.05) is 31.2 Å². The lowest BCUT2D eigenvalue weighted by Crippen LogP contribution is -2.36. The van der Waals surface area contributed by atoms with E-state index in [9.17, 15) is 8.42 Å². The second kappa shape index (κ2) is 10.7. The average Bonchev–Trinajstić information content (AvgIpc) is 2.61. The number of aryl methyl sites for hydroxylation is 2. The number of rotatable bonds is 6. The van der Waals surface area contributed by atoms with Crippen molar-refractivity contribution in [3.05, 3.63) is 58.7 Å². The Hall–Kier alpha value is -1.81. The molecule has 2 aromatic rings. The predicted molar refractivity (Wildman–Crippen MR) is 124 cm³/mol. The van der Waals surface area contributed by atoms with Crippen molar-refractivity contribution in [2.45, 2.75) is 31.8 Å². The van der Waals surface area contributed by atoms with Gasteiger partial charge in [-0.15, -0.1) is 24.0 Å². The Morgan fingerprint density at radius 1 is 1.00 bits per heavy atom. The molecule has 2 rings (SSSR count). The Bertz CT molecular complexity index is 944. The summed E-state index contributed by atoms with van der Waals surface area (Å²) in [5.41, 5.74) is 3.95. The van der Waals surface area contributed by atoms with E-state index in [0.717, 1.165) is 28.0 Å². The van der Waals surface area contributed by atoms with Gasteiger partial charge in [-0.3, -0.25) is 4.99 Å². The SMILES string of the molecule is CN=C(NCc1ccc(OC)c(C)c1)NCc1ccc(S(C)(=O)=O)c(C)c1.I. The van der Waals surface area contributed by atoms with Gasteiger partial charge >= 0.3 is 0 Å². The molecular weight excluding hydrogens is 489 g/mol. The first-order chi connectivity index (χ1) is 12.7. The molecule has 0 aromatic heterocycles. The highest BCUT2D eigenvalue weighted by molar-refractivity contribution is 14.0. The third kappa shape index (κ3) is 6.66. The molecule has 0 spiro atoms. The van der Waals surface area contributed by atoms with Gasteiger partial charge in [0.1, 0.15) is 5.75 Å². The van der Waals surface area contributed by atoms with Crippen LogP contribution in [0, 0.1) is 13.8 Å². The van der Waals surface area contributed by atoms with Crippen LogP contribution >= 0.6 is 24.0 Å². The lowest BCUT2D eigenvalue weighted by atomic mass is 10.1. The second-order valence-corrected chi connectivity index (χ2v) is 8.44. The summed E-state index contributed by atoms with van der Waals surface area (Å²) in [6.07, 6.45) is 1.22. The summed E-state index contributed by atoms with van der Waals surface area (Å²) in [7, 11) is 0.178. The molecule has 28 heavy (non-hydrogen) atoms. The first-order valence-electron chi connectivity index (χ1n) is 8.62. The number of hydrogen-bond acceptors (Lipinski definition) is 4. The molecule has 0 unspecified atom stereocenters. The number of benzene rings is 2. The molecule has 8 heteroatoms. The number of halogens is 1. The largest absolute Gasteiger partial charge is 0.496 e. The van der Waals surface area contributed by atoms with Crippen molar-refractivity contribution in [1.82, 2.24) is 10.6 Å². The molecule has 0 aliphatic heterocycles. The van der Waals surface area contributed by atoms with E-state index in [1.54, 1.807) is 27.1 Å². The van der Waals surface area contributed by atoms with Crippen LogP contribution < -0.4 is 15.4 Å². The van der Waals surface area contributed by atoms with Crippen molar-refractivity contribution in [2.24, 2.45) is 4.99 Å². The van der Waals surface area contributed by atoms with Gasteiger partial charge in [0, 0.05) is 26.4 Å². The number of ether oxygens (including phenoxy) is 1. The number of nitrogens with zero attached hydrogens (tertiary/aromatic N) is 1. The zero-order valence-corrected chi connectivity index (χ0v) is 20.0. The average molecular weight is 517 g/mol. The summed E-state index contributed by atoms with van der Waals surface area (Å²) >= 11 is 0. The summed E-state index contributed by atoms with van der Waals surface area (Å²) in [4.78, 5) is 4.59. The van der Waals surface area contributed by atoms with Crippen molar-refractivity contribution < 1.29 is 13.2 Å². The van der Waals surface area contributed by atoms with Crippen molar-refractivity contribution in [3.8, 4) is 5.75 Å². The zero-order chi connectivity index (χ0) is 20.0. The molecule has 0 amide bonds. The van der Waals surface area contributed by atoms with Crippen molar-refractivity contribution in [1.29, 1.82) is 0 Å². The van der Waals surface area contributed by atoms with E-state index in [2.05, 4.69) is 21.7 Å². The van der Waals surface area contributed by atoms with Crippen LogP contribution in [0.15, 0.2) is 46.3 Å². The van der Waals surface area contributed by atoms with Crippen LogP contribution in [-0.2, 0) is 22.9 Å². The van der Waals surface area contributed by atoms with Gasteiger partial charge in [0.25, 0.3) is 0 Å². The van der Waals surface area contributed by atoms with E-state index < -0.39 is 9.84 Å². The Labute approximate surface area is 184 Å². The number of hydrogen-bond donors (Lipinski definition) is 2. The van der Waals surface area contributed by atoms with E-state index in [4.69, 9.17) is 4.74 Å². The van der Waals surface area contributed by atoms with Gasteiger partial charge in [0.05, 0.1) is 12.0 Å². The molecule has 0 saturated heterocycles. The van der Waals surface area contributed by atoms with Crippen LogP contribution in [0.3, 0.4) is 0 Å². The van der Waals surface area contributed by atoms with Crippen molar-refractivity contribution >= 4 is 39.8 Å². The van der Waals surface area contributed by atoms with Gasteiger partial charge in [-0.25, -0.2) is 8.42 Å². The standard InChI is InChI=1S/C20H27N3O3S.HI/c1-14-10-16(6-8-18(14)26-4)12-22-20(21-3)23-13-17-7-9-19(15(2)11-17)27(5,24)25;/h6-11H,12-13H2,1-5H3,(H2,21,22,23);1H. The smallest absolute Gasteiger partial charge is 0.191 e. The number of guanidine groups is 1. The number of sulfone groups is 1. The third-order valence-corrected chi connectivity index (χ3v) is 5.50. The van der Waals surface area contributed by atoms with Gasteiger partial charge in [-0.1, -0.05) is 24.3 Å². The molecule has 0 aliphatic rings. The molecule has 6 nitrogen and oxygen atoms in total. The third-order valence-electron chi connectivity index (χ3n) is 4.24.